The number of nitrogens with zero attached hydrogens (tertiary/aromatic N) is 1. The summed E-state index contributed by atoms with van der Waals surface area (Å²) in [4.78, 5) is 14.0. The fraction of sp³-hybridized carbons (Fsp3) is 0.438. The molecule has 0 spiro atoms. The number of carbonyl (C=O) groups excluding carboxylic acids is 1. The highest BCUT2D eigenvalue weighted by Crippen LogP contribution is 2.14. The van der Waals surface area contributed by atoms with Gasteiger partial charge in [0.05, 0.1) is 12.7 Å². The van der Waals surface area contributed by atoms with E-state index in [1.165, 1.54) is 0 Å². The molecule has 2 rings (SSSR count). The summed E-state index contributed by atoms with van der Waals surface area (Å²) in [6, 6.07) is 7.12. The van der Waals surface area contributed by atoms with E-state index in [1.54, 1.807) is 29.2 Å². The molecule has 1 fully saturated rings. The van der Waals surface area contributed by atoms with Crippen molar-refractivity contribution in [1.82, 2.24) is 4.90 Å². The molecule has 0 saturated carbocycles. The van der Waals surface area contributed by atoms with Crippen molar-refractivity contribution in [2.24, 2.45) is 0 Å². The van der Waals surface area contributed by atoms with Crippen LogP contribution in [-0.2, 0) is 0 Å². The van der Waals surface area contributed by atoms with Crippen LogP contribution in [0.4, 0.5) is 0 Å². The van der Waals surface area contributed by atoms with E-state index in [0.29, 0.717) is 25.1 Å². The summed E-state index contributed by atoms with van der Waals surface area (Å²) in [6.07, 6.45) is 1.66. The lowest BCUT2D eigenvalue weighted by Crippen LogP contribution is -2.42. The van der Waals surface area contributed by atoms with Crippen molar-refractivity contribution < 1.29 is 15.0 Å². The second kappa shape index (κ2) is 7.09. The molecule has 1 aliphatic heterocycles. The lowest BCUT2D eigenvalue weighted by Gasteiger charge is -2.30. The number of hydrogen-bond acceptors (Lipinski definition) is 3. The summed E-state index contributed by atoms with van der Waals surface area (Å²) in [6.45, 7) is 1.17. The van der Waals surface area contributed by atoms with Crippen molar-refractivity contribution >= 4 is 5.91 Å². The Hall–Kier alpha value is -1.83. The number of rotatable bonds is 2. The number of hydrogen-bond donors (Lipinski definition) is 2. The molecule has 0 bridgehead atoms. The summed E-state index contributed by atoms with van der Waals surface area (Å²) < 4.78 is 0. The molecule has 0 aliphatic carbocycles. The fourth-order valence-corrected chi connectivity index (χ4v) is 2.24. The number of benzene rings is 1. The molecule has 1 saturated heterocycles. The van der Waals surface area contributed by atoms with Crippen molar-refractivity contribution in [1.29, 1.82) is 0 Å². The van der Waals surface area contributed by atoms with Crippen molar-refractivity contribution in [3.63, 3.8) is 0 Å². The molecule has 1 heterocycles. The smallest absolute Gasteiger partial charge is 0.253 e. The van der Waals surface area contributed by atoms with Gasteiger partial charge in [-0.25, -0.2) is 0 Å². The molecule has 1 unspecified atom stereocenters. The van der Waals surface area contributed by atoms with Crippen LogP contribution in [0, 0.1) is 11.8 Å². The Labute approximate surface area is 119 Å². The minimum absolute atomic E-state index is 0.0429. The van der Waals surface area contributed by atoms with Gasteiger partial charge in [0.25, 0.3) is 5.91 Å². The minimum Gasteiger partial charge on any atom is -0.395 e. The van der Waals surface area contributed by atoms with Crippen LogP contribution in [0.1, 0.15) is 35.2 Å². The van der Waals surface area contributed by atoms with E-state index < -0.39 is 6.10 Å². The summed E-state index contributed by atoms with van der Waals surface area (Å²) in [5, 5.41) is 18.3. The second-order valence-electron chi connectivity index (χ2n) is 4.90. The van der Waals surface area contributed by atoms with Crippen LogP contribution in [0.2, 0.25) is 0 Å². The van der Waals surface area contributed by atoms with Gasteiger partial charge in [-0.2, -0.15) is 0 Å². The van der Waals surface area contributed by atoms with Crippen molar-refractivity contribution in [3.05, 3.63) is 35.4 Å². The maximum absolute atomic E-state index is 12.3. The first kappa shape index (κ1) is 14.6. The van der Waals surface area contributed by atoms with Crippen molar-refractivity contribution in [3.8, 4) is 11.8 Å². The van der Waals surface area contributed by atoms with Crippen LogP contribution < -0.4 is 0 Å². The number of aliphatic hydroxyl groups excluding tert-OH is 2. The summed E-state index contributed by atoms with van der Waals surface area (Å²) in [5.41, 5.74) is 1.44. The molecule has 4 heteroatoms. The van der Waals surface area contributed by atoms with Crippen LogP contribution in [0.25, 0.3) is 0 Å². The molecule has 0 radical (unpaired) electrons. The van der Waals surface area contributed by atoms with Gasteiger partial charge in [-0.3, -0.25) is 4.79 Å². The van der Waals surface area contributed by atoms with E-state index in [4.69, 9.17) is 5.11 Å². The number of amides is 1. The Balaban J connectivity index is 2.02. The van der Waals surface area contributed by atoms with Gasteiger partial charge >= 0.3 is 0 Å². The Morgan fingerprint density at radius 1 is 1.35 bits per heavy atom. The Kier molecular flexibility index (Phi) is 5.16. The van der Waals surface area contributed by atoms with Crippen molar-refractivity contribution in [2.45, 2.75) is 25.4 Å². The number of aliphatic hydroxyl groups is 2. The van der Waals surface area contributed by atoms with Gasteiger partial charge < -0.3 is 15.1 Å². The monoisotopic (exact) mass is 273 g/mol. The van der Waals surface area contributed by atoms with Crippen LogP contribution in [0.3, 0.4) is 0 Å². The average molecular weight is 273 g/mol. The van der Waals surface area contributed by atoms with E-state index in [2.05, 4.69) is 11.8 Å². The van der Waals surface area contributed by atoms with Gasteiger partial charge in [0.1, 0.15) is 0 Å². The Bertz CT molecular complexity index is 513. The van der Waals surface area contributed by atoms with Gasteiger partial charge in [0.2, 0.25) is 0 Å². The Morgan fingerprint density at radius 3 is 2.75 bits per heavy atom. The summed E-state index contributed by atoms with van der Waals surface area (Å²) in [7, 11) is 0. The molecule has 2 N–H and O–H groups in total. The van der Waals surface area contributed by atoms with Gasteiger partial charge in [-0.05, 0) is 37.1 Å². The highest BCUT2D eigenvalue weighted by molar-refractivity contribution is 5.94. The fourth-order valence-electron chi connectivity index (χ4n) is 2.24. The number of carbonyl (C=O) groups is 1. The molecular formula is C16H19NO3. The lowest BCUT2D eigenvalue weighted by molar-refractivity contribution is 0.0474. The van der Waals surface area contributed by atoms with Crippen LogP contribution >= 0.6 is 0 Å². The molecule has 106 valence electrons. The van der Waals surface area contributed by atoms with Gasteiger partial charge in [0.15, 0.2) is 0 Å². The van der Waals surface area contributed by atoms with Crippen LogP contribution in [0.15, 0.2) is 24.3 Å². The zero-order chi connectivity index (χ0) is 14.4. The molecule has 1 aromatic rings. The quantitative estimate of drug-likeness (QED) is 0.791. The molecule has 4 nitrogen and oxygen atoms in total. The summed E-state index contributed by atoms with van der Waals surface area (Å²) >= 11 is 0. The Morgan fingerprint density at radius 2 is 2.10 bits per heavy atom. The molecule has 1 aliphatic rings. The molecule has 0 aromatic heterocycles. The van der Waals surface area contributed by atoms with E-state index >= 15 is 0 Å². The molecular weight excluding hydrogens is 254 g/mol. The van der Waals surface area contributed by atoms with Crippen LogP contribution in [-0.4, -0.2) is 46.8 Å². The highest BCUT2D eigenvalue weighted by atomic mass is 16.3. The molecule has 20 heavy (non-hydrogen) atoms. The van der Waals surface area contributed by atoms with E-state index in [0.717, 1.165) is 18.4 Å². The number of β-amino-alcohol motifs (C(OH)–C–C–N with tert-alkyl or cyclic N) is 1. The third-order valence-corrected chi connectivity index (χ3v) is 3.29. The zero-order valence-corrected chi connectivity index (χ0v) is 11.4. The van der Waals surface area contributed by atoms with E-state index in [9.17, 15) is 9.90 Å². The average Bonchev–Trinajstić information content (AvgIpc) is 2.47. The topological polar surface area (TPSA) is 60.8 Å². The number of likely N-dealkylation sites (tertiary alicyclic amines) is 1. The van der Waals surface area contributed by atoms with Gasteiger partial charge in [-0.1, -0.05) is 11.8 Å². The largest absolute Gasteiger partial charge is 0.395 e. The standard InChI is InChI=1S/C16H19NO3/c18-11-2-1-4-13-6-8-14(9-7-13)16(20)17-10-3-5-15(19)12-17/h6-9,15,18-19H,2-3,5,10-12H2. The highest BCUT2D eigenvalue weighted by Gasteiger charge is 2.22. The van der Waals surface area contributed by atoms with Crippen molar-refractivity contribution in [2.75, 3.05) is 19.7 Å². The maximum Gasteiger partial charge on any atom is 0.253 e. The zero-order valence-electron chi connectivity index (χ0n) is 11.4. The van der Waals surface area contributed by atoms with Gasteiger partial charge in [0, 0.05) is 30.6 Å². The SMILES string of the molecule is O=C(c1ccc(C#CCCO)cc1)N1CCCC(O)C1. The minimum atomic E-state index is -0.406. The van der Waals surface area contributed by atoms with E-state index in [-0.39, 0.29) is 12.5 Å². The predicted octanol–water partition coefficient (Wildman–Crippen LogP) is 1.02. The first-order valence-corrected chi connectivity index (χ1v) is 6.88. The first-order valence-electron chi connectivity index (χ1n) is 6.88. The van der Waals surface area contributed by atoms with E-state index in [1.807, 2.05) is 0 Å². The first-order chi connectivity index (χ1) is 9.70. The molecule has 1 aromatic carbocycles. The molecule has 1 amide bonds. The summed E-state index contributed by atoms with van der Waals surface area (Å²) in [5.74, 6) is 5.72. The van der Waals surface area contributed by atoms with Gasteiger partial charge in [-0.15, -0.1) is 0 Å². The third-order valence-electron chi connectivity index (χ3n) is 3.29. The number of piperidine rings is 1. The normalized spacial score (nSPS) is 18.3. The lowest BCUT2D eigenvalue weighted by atomic mass is 10.1. The second-order valence-corrected chi connectivity index (χ2v) is 4.90. The third kappa shape index (κ3) is 3.83. The maximum atomic E-state index is 12.3. The predicted molar refractivity (Wildman–Crippen MR) is 76.2 cm³/mol. The van der Waals surface area contributed by atoms with Crippen LogP contribution in [0.5, 0.6) is 0 Å². The molecule has 1 atom stereocenters.